The van der Waals surface area contributed by atoms with Gasteiger partial charge in [0.2, 0.25) is 0 Å². The molecule has 0 fully saturated rings. The van der Waals surface area contributed by atoms with Gasteiger partial charge in [0, 0.05) is 23.0 Å². The number of benzene rings is 2. The Labute approximate surface area is 170 Å². The number of hydrogen-bond acceptors (Lipinski definition) is 6. The third-order valence-corrected chi connectivity index (χ3v) is 4.29. The van der Waals surface area contributed by atoms with E-state index in [-0.39, 0.29) is 6.04 Å². The summed E-state index contributed by atoms with van der Waals surface area (Å²) in [6.45, 7) is 0.849. The Kier molecular flexibility index (Phi) is 6.64. The van der Waals surface area contributed by atoms with E-state index in [1.54, 1.807) is 18.6 Å². The van der Waals surface area contributed by atoms with Crippen LogP contribution in [-0.2, 0) is 11.4 Å². The highest BCUT2D eigenvalue weighted by Crippen LogP contribution is 2.32. The van der Waals surface area contributed by atoms with Gasteiger partial charge < -0.3 is 19.3 Å². The molecule has 1 aliphatic rings. The van der Waals surface area contributed by atoms with Crippen LogP contribution >= 0.6 is 11.6 Å². The molecular weight excluding hydrogens is 400 g/mol. The van der Waals surface area contributed by atoms with E-state index in [2.05, 4.69) is 10.1 Å². The molecule has 0 saturated carbocycles. The highest BCUT2D eigenvalue weighted by atomic mass is 35.5. The van der Waals surface area contributed by atoms with Crippen molar-refractivity contribution in [3.8, 4) is 5.75 Å². The minimum absolute atomic E-state index is 0.105. The van der Waals surface area contributed by atoms with Crippen LogP contribution < -0.4 is 4.74 Å². The van der Waals surface area contributed by atoms with Gasteiger partial charge in [-0.1, -0.05) is 47.1 Å². The summed E-state index contributed by atoms with van der Waals surface area (Å²) in [5.74, 6) is 0.714. The lowest BCUT2D eigenvalue weighted by Crippen LogP contribution is -2.30. The van der Waals surface area contributed by atoms with Crippen LogP contribution in [0.15, 0.2) is 72.4 Å². The summed E-state index contributed by atoms with van der Waals surface area (Å²) in [5, 5.41) is 18.7. The second-order valence-electron chi connectivity index (χ2n) is 5.95. The highest BCUT2D eigenvalue weighted by Gasteiger charge is 2.29. The van der Waals surface area contributed by atoms with Crippen molar-refractivity contribution in [3.05, 3.63) is 93.5 Å². The standard InChI is InChI=1S/C19H16ClN3O2.HNO3/c20-15-6-7-16-18(10-15)24-12-17(23-9-8-21-13-23)19(16)22-25-11-14-4-2-1-3-5-14;2-1(3)4/h1-10,13,17H,11-12H2;(H,2,3,4)/b22-19-;. The number of halogens is 1. The van der Waals surface area contributed by atoms with E-state index in [0.717, 1.165) is 16.8 Å². The number of hydrogen-bond donors (Lipinski definition) is 1. The summed E-state index contributed by atoms with van der Waals surface area (Å²) in [5.41, 5.74) is 2.74. The highest BCUT2D eigenvalue weighted by molar-refractivity contribution is 6.31. The molecule has 3 aromatic rings. The van der Waals surface area contributed by atoms with Crippen molar-refractivity contribution in [2.45, 2.75) is 12.6 Å². The lowest BCUT2D eigenvalue weighted by Gasteiger charge is -2.27. The lowest BCUT2D eigenvalue weighted by atomic mass is 10.00. The summed E-state index contributed by atoms with van der Waals surface area (Å²) in [6, 6.07) is 15.4. The van der Waals surface area contributed by atoms with Gasteiger partial charge in [-0.25, -0.2) is 4.98 Å². The average molecular weight is 417 g/mol. The minimum Gasteiger partial charge on any atom is -0.490 e. The summed E-state index contributed by atoms with van der Waals surface area (Å²) in [4.78, 5) is 18.1. The fraction of sp³-hybridized carbons (Fsp3) is 0.158. The number of ether oxygens (including phenoxy) is 1. The van der Waals surface area contributed by atoms with Crippen molar-refractivity contribution in [2.75, 3.05) is 6.61 Å². The normalized spacial score (nSPS) is 16.2. The van der Waals surface area contributed by atoms with E-state index in [1.165, 1.54) is 0 Å². The molecule has 0 bridgehead atoms. The van der Waals surface area contributed by atoms with Crippen LogP contribution in [0.3, 0.4) is 0 Å². The third-order valence-electron chi connectivity index (χ3n) is 4.05. The largest absolute Gasteiger partial charge is 0.490 e. The first-order valence-corrected chi connectivity index (χ1v) is 8.89. The first-order valence-electron chi connectivity index (χ1n) is 8.52. The van der Waals surface area contributed by atoms with E-state index in [9.17, 15) is 0 Å². The molecule has 150 valence electrons. The molecule has 4 rings (SSSR count). The van der Waals surface area contributed by atoms with Crippen LogP contribution in [0.5, 0.6) is 5.75 Å². The summed E-state index contributed by atoms with van der Waals surface area (Å²) < 4.78 is 7.83. The predicted octanol–water partition coefficient (Wildman–Crippen LogP) is 3.74. The van der Waals surface area contributed by atoms with Gasteiger partial charge >= 0.3 is 0 Å². The number of aromatic nitrogens is 2. The van der Waals surface area contributed by atoms with Crippen molar-refractivity contribution < 1.29 is 19.9 Å². The van der Waals surface area contributed by atoms with Gasteiger partial charge in [0.05, 0.1) is 6.33 Å². The molecule has 9 nitrogen and oxygen atoms in total. The SMILES string of the molecule is Clc1ccc2c(c1)OCC(n1ccnc1)/C2=N\OCc1ccccc1.O=[N+]([O-])O. The zero-order chi connectivity index (χ0) is 20.6. The van der Waals surface area contributed by atoms with E-state index in [4.69, 9.17) is 36.5 Å². The Hall–Kier alpha value is -3.59. The van der Waals surface area contributed by atoms with Crippen molar-refractivity contribution in [2.24, 2.45) is 5.16 Å². The monoisotopic (exact) mass is 416 g/mol. The van der Waals surface area contributed by atoms with Crippen molar-refractivity contribution in [3.63, 3.8) is 0 Å². The first-order chi connectivity index (χ1) is 14.0. The number of imidazole rings is 1. The van der Waals surface area contributed by atoms with E-state index in [0.29, 0.717) is 24.0 Å². The van der Waals surface area contributed by atoms with Crippen molar-refractivity contribution >= 4 is 17.3 Å². The second kappa shape index (κ2) is 9.56. The van der Waals surface area contributed by atoms with Gasteiger partial charge in [-0.3, -0.25) is 0 Å². The number of fused-ring (bicyclic) bond motifs is 1. The van der Waals surface area contributed by atoms with E-state index >= 15 is 0 Å². The summed E-state index contributed by atoms with van der Waals surface area (Å²) >= 11 is 6.08. The molecule has 2 heterocycles. The van der Waals surface area contributed by atoms with Gasteiger partial charge in [-0.15, -0.1) is 10.1 Å². The molecule has 1 atom stereocenters. The summed E-state index contributed by atoms with van der Waals surface area (Å²) in [7, 11) is 0. The van der Waals surface area contributed by atoms with Crippen molar-refractivity contribution in [1.29, 1.82) is 0 Å². The molecule has 0 radical (unpaired) electrons. The molecule has 0 spiro atoms. The van der Waals surface area contributed by atoms with Crippen LogP contribution in [0.25, 0.3) is 0 Å². The van der Waals surface area contributed by atoms with Crippen LogP contribution in [0.2, 0.25) is 5.02 Å². The first kappa shape index (κ1) is 20.2. The van der Waals surface area contributed by atoms with Crippen LogP contribution in [-0.4, -0.2) is 32.2 Å². The molecule has 2 aromatic carbocycles. The van der Waals surface area contributed by atoms with Crippen LogP contribution in [0.1, 0.15) is 17.2 Å². The molecule has 1 unspecified atom stereocenters. The maximum atomic E-state index is 8.36. The second-order valence-corrected chi connectivity index (χ2v) is 6.39. The molecule has 1 N–H and O–H groups in total. The van der Waals surface area contributed by atoms with Gasteiger partial charge in [0.1, 0.15) is 30.7 Å². The Morgan fingerprint density at radius 3 is 2.79 bits per heavy atom. The lowest BCUT2D eigenvalue weighted by molar-refractivity contribution is -0.742. The quantitative estimate of drug-likeness (QED) is 0.512. The molecule has 0 saturated heterocycles. The Bertz CT molecular complexity index is 976. The molecule has 1 aromatic heterocycles. The number of rotatable bonds is 4. The molecule has 10 heteroatoms. The molecule has 1 aliphatic heterocycles. The van der Waals surface area contributed by atoms with Gasteiger partial charge in [-0.2, -0.15) is 0 Å². The fourth-order valence-corrected chi connectivity index (χ4v) is 2.96. The average Bonchev–Trinajstić information content (AvgIpc) is 3.23. The van der Waals surface area contributed by atoms with Gasteiger partial charge in [-0.05, 0) is 23.8 Å². The number of nitrogens with zero attached hydrogens (tertiary/aromatic N) is 4. The Balaban J connectivity index is 0.000000552. The molecule has 0 aliphatic carbocycles. The van der Waals surface area contributed by atoms with Gasteiger partial charge in [0.15, 0.2) is 0 Å². The summed E-state index contributed by atoms with van der Waals surface area (Å²) in [6.07, 6.45) is 5.38. The van der Waals surface area contributed by atoms with Crippen LogP contribution in [0.4, 0.5) is 0 Å². The maximum Gasteiger partial charge on any atom is 0.291 e. The van der Waals surface area contributed by atoms with Gasteiger partial charge in [0.25, 0.3) is 5.09 Å². The minimum atomic E-state index is -1.50. The third kappa shape index (κ3) is 5.45. The Morgan fingerprint density at radius 2 is 2.10 bits per heavy atom. The predicted molar refractivity (Wildman–Crippen MR) is 105 cm³/mol. The van der Waals surface area contributed by atoms with Crippen LogP contribution in [0, 0.1) is 10.1 Å². The molecule has 29 heavy (non-hydrogen) atoms. The molecule has 0 amide bonds. The van der Waals surface area contributed by atoms with Crippen molar-refractivity contribution in [1.82, 2.24) is 9.55 Å². The van der Waals surface area contributed by atoms with E-state index in [1.807, 2.05) is 53.2 Å². The maximum absolute atomic E-state index is 8.36. The number of oxime groups is 1. The zero-order valence-corrected chi connectivity index (χ0v) is 15.8. The fourth-order valence-electron chi connectivity index (χ4n) is 2.80. The smallest absolute Gasteiger partial charge is 0.291 e. The molecular formula is C19H17ClN4O5. The topological polar surface area (TPSA) is 112 Å². The van der Waals surface area contributed by atoms with E-state index < -0.39 is 5.09 Å². The zero-order valence-electron chi connectivity index (χ0n) is 15.1. The Morgan fingerprint density at radius 1 is 1.34 bits per heavy atom.